The van der Waals surface area contributed by atoms with E-state index in [-0.39, 0.29) is 11.1 Å². The number of urea groups is 1. The van der Waals surface area contributed by atoms with E-state index >= 15 is 0 Å². The van der Waals surface area contributed by atoms with E-state index in [1.165, 1.54) is 11.3 Å². The van der Waals surface area contributed by atoms with Crippen LogP contribution in [0.1, 0.15) is 63.6 Å². The lowest BCUT2D eigenvalue weighted by Gasteiger charge is -2.50. The van der Waals surface area contributed by atoms with Gasteiger partial charge in [-0.15, -0.1) is 0 Å². The van der Waals surface area contributed by atoms with Crippen molar-refractivity contribution in [3.05, 3.63) is 63.1 Å². The number of halogens is 1. The Morgan fingerprint density at radius 1 is 1.15 bits per heavy atom. The Morgan fingerprint density at radius 2 is 1.85 bits per heavy atom. The number of hydrogen-bond donors (Lipinski definition) is 1. The molecule has 178 valence electrons. The van der Waals surface area contributed by atoms with Crippen LogP contribution >= 0.6 is 15.9 Å². The molecule has 34 heavy (non-hydrogen) atoms. The number of barbiturate groups is 1. The van der Waals surface area contributed by atoms with Crippen molar-refractivity contribution >= 4 is 51.2 Å². The van der Waals surface area contributed by atoms with Gasteiger partial charge in [-0.2, -0.15) is 0 Å². The van der Waals surface area contributed by atoms with E-state index in [0.29, 0.717) is 17.6 Å². The second kappa shape index (κ2) is 8.69. The fourth-order valence-corrected chi connectivity index (χ4v) is 5.80. The van der Waals surface area contributed by atoms with Crippen LogP contribution in [0.3, 0.4) is 0 Å². The zero-order valence-corrected chi connectivity index (χ0v) is 22.0. The number of carbonyl (C=O) groups is 3. The minimum atomic E-state index is -0.754. The maximum Gasteiger partial charge on any atom is 0.335 e. The van der Waals surface area contributed by atoms with Gasteiger partial charge >= 0.3 is 6.03 Å². The van der Waals surface area contributed by atoms with Crippen molar-refractivity contribution in [2.45, 2.75) is 65.5 Å². The van der Waals surface area contributed by atoms with Gasteiger partial charge in [-0.05, 0) is 100 Å². The second-order valence-electron chi connectivity index (χ2n) is 10.1. The fourth-order valence-electron chi connectivity index (χ4n) is 5.41. The third-order valence-corrected chi connectivity index (χ3v) is 7.14. The molecular weight excluding hydrogens is 494 g/mol. The summed E-state index contributed by atoms with van der Waals surface area (Å²) in [5.41, 5.74) is 4.52. The summed E-state index contributed by atoms with van der Waals surface area (Å²) in [6.45, 7) is 13.2. The average molecular weight is 524 g/mol. The Bertz CT molecular complexity index is 1230. The summed E-state index contributed by atoms with van der Waals surface area (Å²) in [7, 11) is 0. The highest BCUT2D eigenvalue weighted by Gasteiger charge is 2.39. The second-order valence-corrected chi connectivity index (χ2v) is 11.0. The van der Waals surface area contributed by atoms with E-state index in [2.05, 4.69) is 72.9 Å². The van der Waals surface area contributed by atoms with Gasteiger partial charge in [0.15, 0.2) is 0 Å². The van der Waals surface area contributed by atoms with Gasteiger partial charge < -0.3 is 4.90 Å². The van der Waals surface area contributed by atoms with Crippen LogP contribution in [0.25, 0.3) is 6.08 Å². The van der Waals surface area contributed by atoms with Crippen molar-refractivity contribution in [3.8, 4) is 0 Å². The van der Waals surface area contributed by atoms with E-state index in [0.717, 1.165) is 26.9 Å². The highest BCUT2D eigenvalue weighted by atomic mass is 79.9. The molecule has 4 rings (SSSR count). The summed E-state index contributed by atoms with van der Waals surface area (Å²) in [6.07, 6.45) is 2.61. The number of fused-ring (bicyclic) bond motifs is 1. The number of amides is 4. The van der Waals surface area contributed by atoms with E-state index in [9.17, 15) is 14.4 Å². The SMILES string of the molecule is Cc1cc2c(cc1/C=C1\C(=O)NC(=O)N(c3cccc(Br)c3)C1=O)[C@H](C)CC(C)(C)N2C(C)C. The third-order valence-electron chi connectivity index (χ3n) is 6.65. The van der Waals surface area contributed by atoms with Crippen LogP contribution in [0.15, 0.2) is 46.4 Å². The first-order chi connectivity index (χ1) is 15.9. The molecule has 2 aliphatic rings. The molecule has 2 aliphatic heterocycles. The maximum absolute atomic E-state index is 13.3. The Morgan fingerprint density at radius 3 is 2.50 bits per heavy atom. The smallest absolute Gasteiger partial charge is 0.335 e. The molecule has 4 amide bonds. The van der Waals surface area contributed by atoms with Gasteiger partial charge in [-0.3, -0.25) is 14.9 Å². The first-order valence-electron chi connectivity index (χ1n) is 11.5. The monoisotopic (exact) mass is 523 g/mol. The van der Waals surface area contributed by atoms with Crippen molar-refractivity contribution in [1.29, 1.82) is 0 Å². The number of carbonyl (C=O) groups excluding carboxylic acids is 3. The molecule has 0 unspecified atom stereocenters. The predicted octanol–water partition coefficient (Wildman–Crippen LogP) is 5.92. The van der Waals surface area contributed by atoms with E-state index in [1.54, 1.807) is 30.3 Å². The zero-order valence-electron chi connectivity index (χ0n) is 20.4. The fraction of sp³-hybridized carbons (Fsp3) is 0.370. The number of nitrogens with zero attached hydrogens (tertiary/aromatic N) is 2. The Kier molecular flexibility index (Phi) is 6.19. The van der Waals surface area contributed by atoms with Gasteiger partial charge in [0, 0.05) is 21.7 Å². The molecule has 0 aromatic heterocycles. The summed E-state index contributed by atoms with van der Waals surface area (Å²) in [4.78, 5) is 42.0. The van der Waals surface area contributed by atoms with E-state index in [4.69, 9.17) is 0 Å². The quantitative estimate of drug-likeness (QED) is 0.400. The van der Waals surface area contributed by atoms with Gasteiger partial charge in [-0.25, -0.2) is 9.69 Å². The van der Waals surface area contributed by atoms with Crippen molar-refractivity contribution in [2.75, 3.05) is 9.80 Å². The minimum absolute atomic E-state index is 0.0248. The zero-order chi connectivity index (χ0) is 24.9. The lowest BCUT2D eigenvalue weighted by atomic mass is 9.78. The van der Waals surface area contributed by atoms with E-state index < -0.39 is 17.8 Å². The normalized spacial score (nSPS) is 21.2. The van der Waals surface area contributed by atoms with Gasteiger partial charge in [-0.1, -0.05) is 28.9 Å². The van der Waals surface area contributed by atoms with Crippen molar-refractivity contribution in [1.82, 2.24) is 5.32 Å². The van der Waals surface area contributed by atoms with Crippen LogP contribution in [-0.2, 0) is 9.59 Å². The molecule has 0 bridgehead atoms. The van der Waals surface area contributed by atoms with Gasteiger partial charge in [0.2, 0.25) is 0 Å². The average Bonchev–Trinajstić information content (AvgIpc) is 2.70. The molecule has 1 N–H and O–H groups in total. The van der Waals surface area contributed by atoms with Crippen LogP contribution in [-0.4, -0.2) is 29.4 Å². The number of imide groups is 2. The Hall–Kier alpha value is -2.93. The Labute approximate surface area is 209 Å². The number of aryl methyl sites for hydroxylation is 1. The molecule has 6 nitrogen and oxygen atoms in total. The number of rotatable bonds is 3. The first-order valence-corrected chi connectivity index (χ1v) is 12.3. The molecule has 1 saturated heterocycles. The van der Waals surface area contributed by atoms with Crippen molar-refractivity contribution in [3.63, 3.8) is 0 Å². The minimum Gasteiger partial charge on any atom is -0.364 e. The molecule has 1 atom stereocenters. The van der Waals surface area contributed by atoms with Gasteiger partial charge in [0.1, 0.15) is 5.57 Å². The lowest BCUT2D eigenvalue weighted by Crippen LogP contribution is -2.54. The molecule has 2 aromatic rings. The molecule has 0 radical (unpaired) electrons. The summed E-state index contributed by atoms with van der Waals surface area (Å²) in [5.74, 6) is -0.994. The summed E-state index contributed by atoms with van der Waals surface area (Å²) < 4.78 is 0.727. The largest absolute Gasteiger partial charge is 0.364 e. The summed E-state index contributed by atoms with van der Waals surface area (Å²) in [6, 6.07) is 10.7. The number of hydrogen-bond acceptors (Lipinski definition) is 4. The number of benzene rings is 2. The van der Waals surface area contributed by atoms with Crippen LogP contribution in [0.2, 0.25) is 0 Å². The molecule has 2 aromatic carbocycles. The van der Waals surface area contributed by atoms with Crippen molar-refractivity contribution < 1.29 is 14.4 Å². The van der Waals surface area contributed by atoms with Crippen molar-refractivity contribution in [2.24, 2.45) is 0 Å². The highest BCUT2D eigenvalue weighted by Crippen LogP contribution is 2.45. The van der Waals surface area contributed by atoms with Gasteiger partial charge in [0.05, 0.1) is 5.69 Å². The van der Waals surface area contributed by atoms with Crippen LogP contribution < -0.4 is 15.1 Å². The van der Waals surface area contributed by atoms with Crippen LogP contribution in [0.4, 0.5) is 16.2 Å². The van der Waals surface area contributed by atoms with E-state index in [1.807, 2.05) is 6.92 Å². The highest BCUT2D eigenvalue weighted by molar-refractivity contribution is 9.10. The number of anilines is 2. The van der Waals surface area contributed by atoms with Crippen LogP contribution in [0.5, 0.6) is 0 Å². The molecule has 0 aliphatic carbocycles. The molecular formula is C27H30BrN3O3. The number of nitrogens with one attached hydrogen (secondary N) is 1. The summed E-state index contributed by atoms with van der Waals surface area (Å²) in [5, 5.41) is 2.31. The topological polar surface area (TPSA) is 69.7 Å². The maximum atomic E-state index is 13.3. The van der Waals surface area contributed by atoms with Crippen LogP contribution in [0, 0.1) is 6.92 Å². The Balaban J connectivity index is 1.79. The standard InChI is InChI=1S/C27H30BrN3O3/c1-15(2)31-23-10-16(3)18(11-21(23)17(4)14-27(31,5)6)12-22-24(32)29-26(34)30(25(22)33)20-9-7-8-19(28)13-20/h7-13,15,17H,14H2,1-6H3,(H,29,32,34)/b22-12+/t17-/m1/s1. The third kappa shape index (κ3) is 4.17. The molecule has 2 heterocycles. The molecule has 0 saturated carbocycles. The first kappa shape index (κ1) is 24.2. The molecule has 1 fully saturated rings. The predicted molar refractivity (Wildman–Crippen MR) is 139 cm³/mol. The lowest BCUT2D eigenvalue weighted by molar-refractivity contribution is -0.122. The van der Waals surface area contributed by atoms with Gasteiger partial charge in [0.25, 0.3) is 11.8 Å². The molecule has 0 spiro atoms. The summed E-state index contributed by atoms with van der Waals surface area (Å²) >= 11 is 3.37. The molecule has 7 heteroatoms.